The number of benzene rings is 1. The normalized spacial score (nSPS) is 23.1. The highest BCUT2D eigenvalue weighted by Crippen LogP contribution is 2.41. The highest BCUT2D eigenvalue weighted by atomic mass is 35.5. The van der Waals surface area contributed by atoms with Crippen LogP contribution in [0.5, 0.6) is 0 Å². The van der Waals surface area contributed by atoms with Crippen LogP contribution in [-0.2, 0) is 5.88 Å². The third-order valence-corrected chi connectivity index (χ3v) is 5.38. The van der Waals surface area contributed by atoms with Crippen LogP contribution in [0, 0.1) is 11.8 Å². The van der Waals surface area contributed by atoms with Crippen LogP contribution in [-0.4, -0.2) is 9.55 Å². The second kappa shape index (κ2) is 6.18. The van der Waals surface area contributed by atoms with Gasteiger partial charge in [-0.1, -0.05) is 44.4 Å². The Bertz CT molecular complexity index is 633. The first-order valence-corrected chi connectivity index (χ1v) is 8.76. The van der Waals surface area contributed by atoms with Crippen molar-refractivity contribution >= 4 is 34.2 Å². The molecule has 3 rings (SSSR count). The van der Waals surface area contributed by atoms with Crippen molar-refractivity contribution in [1.82, 2.24) is 9.55 Å². The van der Waals surface area contributed by atoms with Gasteiger partial charge in [0.25, 0.3) is 0 Å². The van der Waals surface area contributed by atoms with Gasteiger partial charge in [0.1, 0.15) is 11.3 Å². The number of hydrogen-bond donors (Lipinski definition) is 0. The molecule has 0 amide bonds. The highest BCUT2D eigenvalue weighted by Gasteiger charge is 2.31. The van der Waals surface area contributed by atoms with E-state index in [1.807, 2.05) is 12.1 Å². The Morgan fingerprint density at radius 1 is 1.29 bits per heavy atom. The summed E-state index contributed by atoms with van der Waals surface area (Å²) in [5.41, 5.74) is 2.03. The van der Waals surface area contributed by atoms with Crippen LogP contribution in [0.2, 0.25) is 5.02 Å². The SMILES string of the molecule is CC(C)C1CCCCC1n1c(CCl)nc2c(Cl)cccc21. The van der Waals surface area contributed by atoms with Gasteiger partial charge in [0.05, 0.1) is 16.4 Å². The summed E-state index contributed by atoms with van der Waals surface area (Å²) in [5.74, 6) is 2.76. The van der Waals surface area contributed by atoms with Gasteiger partial charge in [0.2, 0.25) is 0 Å². The van der Waals surface area contributed by atoms with E-state index >= 15 is 0 Å². The lowest BCUT2D eigenvalue weighted by molar-refractivity contribution is 0.185. The Morgan fingerprint density at radius 3 is 2.76 bits per heavy atom. The molecule has 4 heteroatoms. The summed E-state index contributed by atoms with van der Waals surface area (Å²) < 4.78 is 2.37. The fourth-order valence-corrected chi connectivity index (χ4v) is 4.23. The average molecular weight is 325 g/mol. The quantitative estimate of drug-likeness (QED) is 0.651. The molecule has 1 aromatic carbocycles. The molecule has 0 aliphatic heterocycles. The molecule has 2 atom stereocenters. The maximum atomic E-state index is 6.32. The number of hydrogen-bond acceptors (Lipinski definition) is 1. The molecule has 2 nitrogen and oxygen atoms in total. The van der Waals surface area contributed by atoms with Crippen LogP contribution in [0.25, 0.3) is 11.0 Å². The first kappa shape index (κ1) is 15.2. The number of fused-ring (bicyclic) bond motifs is 1. The summed E-state index contributed by atoms with van der Waals surface area (Å²) in [6, 6.07) is 6.53. The molecule has 1 aliphatic rings. The van der Waals surface area contributed by atoms with E-state index in [-0.39, 0.29) is 0 Å². The van der Waals surface area contributed by atoms with E-state index < -0.39 is 0 Å². The van der Waals surface area contributed by atoms with E-state index in [2.05, 4.69) is 24.5 Å². The fourth-order valence-electron chi connectivity index (χ4n) is 3.83. The van der Waals surface area contributed by atoms with E-state index in [1.54, 1.807) is 0 Å². The Labute approximate surface area is 136 Å². The fraction of sp³-hybridized carbons (Fsp3) is 0.588. The van der Waals surface area contributed by atoms with Crippen molar-refractivity contribution < 1.29 is 0 Å². The number of alkyl halides is 1. The summed E-state index contributed by atoms with van der Waals surface area (Å²) >= 11 is 12.5. The van der Waals surface area contributed by atoms with Crippen molar-refractivity contribution in [2.75, 3.05) is 0 Å². The molecule has 114 valence electrons. The lowest BCUT2D eigenvalue weighted by Gasteiger charge is -2.36. The minimum absolute atomic E-state index is 0.437. The van der Waals surface area contributed by atoms with Gasteiger partial charge >= 0.3 is 0 Å². The number of imidazole rings is 1. The zero-order chi connectivity index (χ0) is 15.0. The van der Waals surface area contributed by atoms with Gasteiger partial charge in [0, 0.05) is 6.04 Å². The maximum Gasteiger partial charge on any atom is 0.125 e. The van der Waals surface area contributed by atoms with Gasteiger partial charge in [-0.25, -0.2) is 4.98 Å². The summed E-state index contributed by atoms with van der Waals surface area (Å²) in [7, 11) is 0. The molecule has 0 N–H and O–H groups in total. The number of para-hydroxylation sites is 1. The minimum atomic E-state index is 0.437. The van der Waals surface area contributed by atoms with E-state index in [4.69, 9.17) is 28.2 Å². The standard InChI is InChI=1S/C17H22Cl2N2/c1-11(2)12-6-3-4-8-14(12)21-15-9-5-7-13(19)17(15)20-16(21)10-18/h5,7,9,11-12,14H,3-4,6,8,10H2,1-2H3. The maximum absolute atomic E-state index is 6.32. The van der Waals surface area contributed by atoms with Crippen LogP contribution < -0.4 is 0 Å². The van der Waals surface area contributed by atoms with Gasteiger partial charge in [-0.2, -0.15) is 0 Å². The van der Waals surface area contributed by atoms with Gasteiger partial charge in [0.15, 0.2) is 0 Å². The van der Waals surface area contributed by atoms with Crippen LogP contribution in [0.4, 0.5) is 0 Å². The topological polar surface area (TPSA) is 17.8 Å². The van der Waals surface area contributed by atoms with E-state index in [0.29, 0.717) is 23.8 Å². The van der Waals surface area contributed by atoms with Gasteiger partial charge in [-0.3, -0.25) is 0 Å². The first-order valence-electron chi connectivity index (χ1n) is 7.84. The molecule has 2 unspecified atom stereocenters. The largest absolute Gasteiger partial charge is 0.324 e. The molecule has 0 spiro atoms. The van der Waals surface area contributed by atoms with E-state index in [0.717, 1.165) is 21.9 Å². The molecule has 1 saturated carbocycles. The van der Waals surface area contributed by atoms with Crippen LogP contribution in [0.3, 0.4) is 0 Å². The van der Waals surface area contributed by atoms with Crippen molar-refractivity contribution in [2.24, 2.45) is 11.8 Å². The molecular weight excluding hydrogens is 303 g/mol. The summed E-state index contributed by atoms with van der Waals surface area (Å²) in [5, 5.41) is 0.717. The lowest BCUT2D eigenvalue weighted by Crippen LogP contribution is -2.28. The second-order valence-corrected chi connectivity index (χ2v) is 7.07. The third-order valence-electron chi connectivity index (χ3n) is 4.83. The van der Waals surface area contributed by atoms with Crippen LogP contribution in [0.15, 0.2) is 18.2 Å². The van der Waals surface area contributed by atoms with Crippen LogP contribution in [0.1, 0.15) is 51.4 Å². The predicted molar refractivity (Wildman–Crippen MR) is 90.1 cm³/mol. The van der Waals surface area contributed by atoms with Gasteiger partial charge in [-0.05, 0) is 36.8 Å². The van der Waals surface area contributed by atoms with Gasteiger partial charge in [-0.15, -0.1) is 11.6 Å². The minimum Gasteiger partial charge on any atom is -0.324 e. The van der Waals surface area contributed by atoms with Crippen molar-refractivity contribution in [3.8, 4) is 0 Å². The van der Waals surface area contributed by atoms with Crippen LogP contribution >= 0.6 is 23.2 Å². The lowest BCUT2D eigenvalue weighted by atomic mass is 9.77. The molecule has 1 heterocycles. The van der Waals surface area contributed by atoms with E-state index in [1.165, 1.54) is 25.7 Å². The van der Waals surface area contributed by atoms with Gasteiger partial charge < -0.3 is 4.57 Å². The predicted octanol–water partition coefficient (Wildman–Crippen LogP) is 5.82. The first-order chi connectivity index (χ1) is 10.1. The molecule has 0 radical (unpaired) electrons. The van der Waals surface area contributed by atoms with Crippen molar-refractivity contribution in [3.05, 3.63) is 29.0 Å². The molecular formula is C17H22Cl2N2. The van der Waals surface area contributed by atoms with Crippen molar-refractivity contribution in [3.63, 3.8) is 0 Å². The monoisotopic (exact) mass is 324 g/mol. The molecule has 1 aliphatic carbocycles. The number of aromatic nitrogens is 2. The Balaban J connectivity index is 2.15. The third kappa shape index (κ3) is 2.68. The van der Waals surface area contributed by atoms with Crippen molar-refractivity contribution in [1.29, 1.82) is 0 Å². The number of halogens is 2. The molecule has 1 aromatic heterocycles. The number of rotatable bonds is 3. The Hall–Kier alpha value is -0.730. The highest BCUT2D eigenvalue weighted by molar-refractivity contribution is 6.35. The Kier molecular flexibility index (Phi) is 4.46. The summed E-state index contributed by atoms with van der Waals surface area (Å²) in [6.07, 6.45) is 5.13. The zero-order valence-corrected chi connectivity index (χ0v) is 14.2. The molecule has 21 heavy (non-hydrogen) atoms. The zero-order valence-electron chi connectivity index (χ0n) is 12.6. The van der Waals surface area contributed by atoms with Crippen molar-refractivity contribution in [2.45, 2.75) is 51.5 Å². The summed E-state index contributed by atoms with van der Waals surface area (Å²) in [4.78, 5) is 4.70. The molecule has 0 saturated heterocycles. The molecule has 0 bridgehead atoms. The average Bonchev–Trinajstić information content (AvgIpc) is 2.87. The second-order valence-electron chi connectivity index (χ2n) is 6.40. The van der Waals surface area contributed by atoms with E-state index in [9.17, 15) is 0 Å². The summed E-state index contributed by atoms with van der Waals surface area (Å²) in [6.45, 7) is 4.66. The molecule has 1 fully saturated rings. The molecule has 2 aromatic rings. The number of nitrogens with zero attached hydrogens (tertiary/aromatic N) is 2. The Morgan fingerprint density at radius 2 is 2.05 bits per heavy atom. The smallest absolute Gasteiger partial charge is 0.125 e.